The van der Waals surface area contributed by atoms with Gasteiger partial charge in [0.1, 0.15) is 6.10 Å². The summed E-state index contributed by atoms with van der Waals surface area (Å²) in [6, 6.07) is 0. The Morgan fingerprint density at radius 2 is 1.40 bits per heavy atom. The zero-order valence-electron chi connectivity index (χ0n) is 13.8. The lowest BCUT2D eigenvalue weighted by Gasteiger charge is -2.32. The molecule has 1 aliphatic rings. The fourth-order valence-corrected chi connectivity index (χ4v) is 1.89. The van der Waals surface area contributed by atoms with E-state index >= 15 is 0 Å². The van der Waals surface area contributed by atoms with Crippen molar-refractivity contribution in [3.63, 3.8) is 0 Å². The van der Waals surface area contributed by atoms with Crippen molar-refractivity contribution in [1.29, 1.82) is 0 Å². The molecule has 1 aliphatic heterocycles. The highest BCUT2D eigenvalue weighted by Crippen LogP contribution is 2.41. The van der Waals surface area contributed by atoms with Gasteiger partial charge >= 0.3 is 7.12 Å². The minimum absolute atomic E-state index is 0.138. The van der Waals surface area contributed by atoms with Gasteiger partial charge in [-0.1, -0.05) is 6.92 Å². The molecule has 118 valence electrons. The van der Waals surface area contributed by atoms with Gasteiger partial charge in [-0.25, -0.2) is 8.78 Å². The molecule has 0 bridgehead atoms. The van der Waals surface area contributed by atoms with Gasteiger partial charge in [0.25, 0.3) is 5.92 Å². The van der Waals surface area contributed by atoms with Crippen molar-refractivity contribution in [2.45, 2.75) is 90.5 Å². The van der Waals surface area contributed by atoms with Crippen molar-refractivity contribution in [1.82, 2.24) is 0 Å². The molecule has 0 saturated carbocycles. The van der Waals surface area contributed by atoms with E-state index in [0.717, 1.165) is 6.92 Å². The summed E-state index contributed by atoms with van der Waals surface area (Å²) in [5.41, 5.74) is -0.849. The van der Waals surface area contributed by atoms with Crippen LogP contribution in [0.3, 0.4) is 0 Å². The molecule has 0 radical (unpaired) electrons. The maximum atomic E-state index is 13.2. The molecule has 20 heavy (non-hydrogen) atoms. The number of ether oxygens (including phenoxy) is 1. The average Bonchev–Trinajstić information content (AvgIpc) is 2.45. The normalized spacial score (nSPS) is 26.4. The van der Waals surface area contributed by atoms with Crippen LogP contribution >= 0.6 is 0 Å². The molecule has 0 N–H and O–H groups in total. The van der Waals surface area contributed by atoms with Crippen LogP contribution in [0, 0.1) is 0 Å². The largest absolute Gasteiger partial charge is 0.463 e. The Morgan fingerprint density at radius 3 is 1.75 bits per heavy atom. The molecular formula is C14H27BF2O3. The van der Waals surface area contributed by atoms with E-state index in [0.29, 0.717) is 0 Å². The van der Waals surface area contributed by atoms with Gasteiger partial charge in [0.2, 0.25) is 0 Å². The molecule has 3 nitrogen and oxygen atoms in total. The summed E-state index contributed by atoms with van der Waals surface area (Å²) in [7, 11) is -0.451. The molecule has 1 rings (SSSR count). The highest BCUT2D eigenvalue weighted by molar-refractivity contribution is 6.47. The van der Waals surface area contributed by atoms with Crippen molar-refractivity contribution in [3.8, 4) is 0 Å². The third-order valence-corrected chi connectivity index (χ3v) is 4.57. The highest BCUT2D eigenvalue weighted by Gasteiger charge is 2.54. The average molecular weight is 292 g/mol. The van der Waals surface area contributed by atoms with Crippen molar-refractivity contribution in [2.24, 2.45) is 0 Å². The van der Waals surface area contributed by atoms with Crippen molar-refractivity contribution in [2.75, 3.05) is 0 Å². The smallest absolute Gasteiger partial charge is 0.403 e. The predicted molar refractivity (Wildman–Crippen MR) is 76.1 cm³/mol. The van der Waals surface area contributed by atoms with Crippen LogP contribution in [0.25, 0.3) is 0 Å². The van der Waals surface area contributed by atoms with Crippen LogP contribution in [-0.2, 0) is 14.0 Å². The van der Waals surface area contributed by atoms with Gasteiger partial charge < -0.3 is 14.0 Å². The molecule has 1 fully saturated rings. The lowest BCUT2D eigenvalue weighted by molar-refractivity contribution is -0.138. The summed E-state index contributed by atoms with van der Waals surface area (Å²) in [4.78, 5) is 0. The Labute approximate surface area is 121 Å². The highest BCUT2D eigenvalue weighted by atomic mass is 19.3. The van der Waals surface area contributed by atoms with E-state index in [2.05, 4.69) is 0 Å². The molecule has 0 aromatic heterocycles. The van der Waals surface area contributed by atoms with Crippen LogP contribution in [-0.4, -0.2) is 36.5 Å². The van der Waals surface area contributed by atoms with Crippen LogP contribution in [0.5, 0.6) is 0 Å². The number of hydrogen-bond donors (Lipinski definition) is 0. The predicted octanol–water partition coefficient (Wildman–Crippen LogP) is 3.92. The van der Waals surface area contributed by atoms with Gasteiger partial charge in [-0.15, -0.1) is 0 Å². The van der Waals surface area contributed by atoms with Crippen LogP contribution in [0.4, 0.5) is 8.78 Å². The summed E-state index contributed by atoms with van der Waals surface area (Å²) < 4.78 is 43.6. The number of hydrogen-bond acceptors (Lipinski definition) is 3. The Hall–Kier alpha value is -0.195. The molecule has 6 heteroatoms. The second kappa shape index (κ2) is 5.54. The van der Waals surface area contributed by atoms with E-state index in [1.54, 1.807) is 6.92 Å². The molecule has 3 atom stereocenters. The molecule has 2 unspecified atom stereocenters. The van der Waals surface area contributed by atoms with Gasteiger partial charge in [0.15, 0.2) is 0 Å². The maximum absolute atomic E-state index is 13.2. The fourth-order valence-electron chi connectivity index (χ4n) is 1.89. The summed E-state index contributed by atoms with van der Waals surface area (Å²) in [5.74, 6) is -3.00. The lowest BCUT2D eigenvalue weighted by Crippen LogP contribution is -2.41. The first kappa shape index (κ1) is 17.9. The first-order valence-corrected chi connectivity index (χ1v) is 7.17. The lowest BCUT2D eigenvalue weighted by atomic mass is 9.70. The Kier molecular flexibility index (Phi) is 4.95. The van der Waals surface area contributed by atoms with Gasteiger partial charge in [0.05, 0.1) is 17.3 Å². The van der Waals surface area contributed by atoms with Crippen LogP contribution in [0.15, 0.2) is 0 Å². The van der Waals surface area contributed by atoms with E-state index in [4.69, 9.17) is 14.0 Å². The molecular weight excluding hydrogens is 265 g/mol. The van der Waals surface area contributed by atoms with Crippen LogP contribution in [0.2, 0.25) is 5.82 Å². The zero-order valence-corrected chi connectivity index (χ0v) is 13.8. The second-order valence-electron chi connectivity index (χ2n) is 6.92. The molecule has 0 aromatic rings. The first-order valence-electron chi connectivity index (χ1n) is 7.17. The van der Waals surface area contributed by atoms with Crippen molar-refractivity contribution in [3.05, 3.63) is 0 Å². The van der Waals surface area contributed by atoms with E-state index < -0.39 is 30.3 Å². The molecule has 0 spiro atoms. The molecule has 0 amide bonds. The summed E-state index contributed by atoms with van der Waals surface area (Å²) in [6.45, 7) is 13.8. The number of halogens is 2. The number of alkyl halides is 2. The quantitative estimate of drug-likeness (QED) is 0.719. The fraction of sp³-hybridized carbons (Fsp3) is 1.00. The van der Waals surface area contributed by atoms with Crippen LogP contribution < -0.4 is 0 Å². The first-order chi connectivity index (χ1) is 8.78. The Balaban J connectivity index is 2.66. The van der Waals surface area contributed by atoms with Gasteiger partial charge in [-0.2, -0.15) is 0 Å². The monoisotopic (exact) mass is 292 g/mol. The van der Waals surface area contributed by atoms with Gasteiger partial charge in [0, 0.05) is 12.7 Å². The molecule has 1 saturated heterocycles. The topological polar surface area (TPSA) is 27.7 Å². The second-order valence-corrected chi connectivity index (χ2v) is 6.92. The third kappa shape index (κ3) is 3.71. The minimum Gasteiger partial charge on any atom is -0.403 e. The molecule has 0 aromatic carbocycles. The molecule has 0 aliphatic carbocycles. The maximum Gasteiger partial charge on any atom is 0.463 e. The zero-order chi connectivity index (χ0) is 15.9. The minimum atomic E-state index is -2.86. The standard InChI is InChI=1S/C14H27BF2O3/c1-9(10(2)18-11(3)14(8,16)17)15-19-12(4,5)13(6,7)20-15/h9-11H,1-8H3/t9-,10?,11?/m0/s1. The Morgan fingerprint density at radius 1 is 1.00 bits per heavy atom. The number of rotatable bonds is 5. The van der Waals surface area contributed by atoms with Gasteiger partial charge in [-0.3, -0.25) is 0 Å². The van der Waals surface area contributed by atoms with E-state index in [1.807, 2.05) is 34.6 Å². The SMILES string of the molecule is CC(OC(C)C(C)(F)F)[C@H](C)B1OC(C)(C)C(C)(C)O1. The van der Waals surface area contributed by atoms with Crippen molar-refractivity contribution >= 4 is 7.12 Å². The van der Waals surface area contributed by atoms with Crippen molar-refractivity contribution < 1.29 is 22.8 Å². The van der Waals surface area contributed by atoms with Gasteiger partial charge in [-0.05, 0) is 41.5 Å². The summed E-state index contributed by atoms with van der Waals surface area (Å²) >= 11 is 0. The van der Waals surface area contributed by atoms with E-state index in [-0.39, 0.29) is 11.9 Å². The Bertz CT molecular complexity index is 326. The van der Waals surface area contributed by atoms with Crippen LogP contribution in [0.1, 0.15) is 55.4 Å². The van der Waals surface area contributed by atoms with E-state index in [1.165, 1.54) is 6.92 Å². The molecule has 1 heterocycles. The third-order valence-electron chi connectivity index (χ3n) is 4.57. The van der Waals surface area contributed by atoms with E-state index in [9.17, 15) is 8.78 Å². The summed E-state index contributed by atoms with van der Waals surface area (Å²) in [6.07, 6.45) is -1.52. The summed E-state index contributed by atoms with van der Waals surface area (Å²) in [5, 5.41) is 0.